The molecule has 35 heavy (non-hydrogen) atoms. The average molecular weight is 491 g/mol. The van der Waals surface area contributed by atoms with Crippen LogP contribution < -0.4 is 10.6 Å². The smallest absolute Gasteiger partial charge is 0.323 e. The molecule has 178 valence electrons. The fraction of sp³-hybridized carbons (Fsp3) is 0.320. The van der Waals surface area contributed by atoms with Crippen LogP contribution in [0.3, 0.4) is 0 Å². The van der Waals surface area contributed by atoms with Crippen LogP contribution in [0, 0.1) is 36.4 Å². The maximum Gasteiger partial charge on any atom is 0.323 e. The number of nitriles is 1. The Kier molecular flexibility index (Phi) is 5.73. The molecule has 1 spiro atoms. The van der Waals surface area contributed by atoms with Gasteiger partial charge >= 0.3 is 6.03 Å². The number of β-lactam (4-membered cyclic amide) rings is 1. The van der Waals surface area contributed by atoms with Crippen molar-refractivity contribution in [3.05, 3.63) is 53.1 Å². The number of urea groups is 1. The van der Waals surface area contributed by atoms with Crippen molar-refractivity contribution in [1.29, 1.82) is 5.26 Å². The van der Waals surface area contributed by atoms with Gasteiger partial charge in [0.05, 0.1) is 33.3 Å². The predicted octanol–water partition coefficient (Wildman–Crippen LogP) is 4.24. The Morgan fingerprint density at radius 1 is 1.26 bits per heavy atom. The quantitative estimate of drug-likeness (QED) is 0.534. The summed E-state index contributed by atoms with van der Waals surface area (Å²) in [5.41, 5.74) is 2.54. The molecule has 2 N–H and O–H groups in total. The van der Waals surface area contributed by atoms with Gasteiger partial charge in [0.25, 0.3) is 0 Å². The molecule has 2 aromatic heterocycles. The van der Waals surface area contributed by atoms with Gasteiger partial charge in [-0.3, -0.25) is 15.1 Å². The number of rotatable bonds is 3. The third-order valence-electron chi connectivity index (χ3n) is 6.68. The van der Waals surface area contributed by atoms with Gasteiger partial charge in [-0.05, 0) is 44.9 Å². The van der Waals surface area contributed by atoms with Crippen molar-refractivity contribution in [2.75, 3.05) is 25.0 Å². The lowest BCUT2D eigenvalue weighted by Gasteiger charge is -2.46. The highest BCUT2D eigenvalue weighted by molar-refractivity contribution is 7.19. The van der Waals surface area contributed by atoms with Gasteiger partial charge in [0.1, 0.15) is 0 Å². The Balaban J connectivity index is 1.47. The molecule has 3 amide bonds. The summed E-state index contributed by atoms with van der Waals surface area (Å²) in [6.45, 7) is 5.02. The van der Waals surface area contributed by atoms with Gasteiger partial charge in [-0.15, -0.1) is 0 Å². The van der Waals surface area contributed by atoms with Crippen LogP contribution in [0.2, 0.25) is 0 Å². The molecule has 1 aromatic carbocycles. The number of nitrogens with one attached hydrogen (secondary N) is 2. The van der Waals surface area contributed by atoms with Crippen molar-refractivity contribution >= 4 is 28.4 Å². The molecular weight excluding hydrogens is 467 g/mol. The summed E-state index contributed by atoms with van der Waals surface area (Å²) in [4.78, 5) is 36.0. The number of carbonyl (C=O) groups excluding carboxylic acids is 2. The first-order chi connectivity index (χ1) is 16.8. The third-order valence-corrected chi connectivity index (χ3v) is 7.68. The lowest BCUT2D eigenvalue weighted by Crippen LogP contribution is -2.63. The summed E-state index contributed by atoms with van der Waals surface area (Å²) in [7, 11) is 0. The first kappa shape index (κ1) is 22.9. The van der Waals surface area contributed by atoms with Crippen LogP contribution in [-0.2, 0) is 4.79 Å². The van der Waals surface area contributed by atoms with Crippen LogP contribution in [0.1, 0.15) is 29.8 Å². The Morgan fingerprint density at radius 3 is 2.69 bits per heavy atom. The Bertz CT molecular complexity index is 1390. The number of halogens is 1. The number of anilines is 1. The van der Waals surface area contributed by atoms with E-state index in [1.807, 2.05) is 0 Å². The normalized spacial score (nSPS) is 16.4. The van der Waals surface area contributed by atoms with Crippen molar-refractivity contribution in [2.24, 2.45) is 5.41 Å². The number of aryl methyl sites for hydroxylation is 2. The van der Waals surface area contributed by atoms with E-state index in [4.69, 9.17) is 0 Å². The molecule has 3 aromatic rings. The maximum atomic E-state index is 15.2. The highest BCUT2D eigenvalue weighted by Gasteiger charge is 2.48. The molecule has 10 heteroatoms. The van der Waals surface area contributed by atoms with Crippen molar-refractivity contribution in [3.8, 4) is 27.8 Å². The van der Waals surface area contributed by atoms with Crippen LogP contribution in [0.5, 0.6) is 0 Å². The summed E-state index contributed by atoms with van der Waals surface area (Å²) in [6.07, 6.45) is 1.25. The van der Waals surface area contributed by atoms with Gasteiger partial charge in [0, 0.05) is 36.5 Å². The van der Waals surface area contributed by atoms with E-state index in [1.165, 1.54) is 11.3 Å². The molecule has 4 heterocycles. The highest BCUT2D eigenvalue weighted by Crippen LogP contribution is 2.41. The highest BCUT2D eigenvalue weighted by atomic mass is 32.1. The molecule has 2 saturated heterocycles. The zero-order valence-corrected chi connectivity index (χ0v) is 20.1. The van der Waals surface area contributed by atoms with Gasteiger partial charge in [-0.1, -0.05) is 23.5 Å². The number of aromatic nitrogens is 2. The monoisotopic (exact) mass is 490 g/mol. The number of likely N-dealkylation sites (tertiary alicyclic amines) is 1. The van der Waals surface area contributed by atoms with Gasteiger partial charge in [0.15, 0.2) is 10.9 Å². The predicted molar refractivity (Wildman–Crippen MR) is 130 cm³/mol. The molecule has 0 unspecified atom stereocenters. The molecule has 0 bridgehead atoms. The molecule has 2 fully saturated rings. The SMILES string of the molecule is Cc1cc(-c2sc(NC(=O)N3CCC4(CC3)CNC4=O)nc2-c2cccc(C#N)c2)c(F)c(C)n1. The first-order valence-electron chi connectivity index (χ1n) is 11.3. The summed E-state index contributed by atoms with van der Waals surface area (Å²) in [6, 6.07) is 10.4. The van der Waals surface area contributed by atoms with E-state index in [-0.39, 0.29) is 23.0 Å². The average Bonchev–Trinajstić information content (AvgIpc) is 3.28. The van der Waals surface area contributed by atoms with E-state index in [9.17, 15) is 14.9 Å². The summed E-state index contributed by atoms with van der Waals surface area (Å²) in [5, 5.41) is 15.3. The van der Waals surface area contributed by atoms with Crippen LogP contribution in [0.4, 0.5) is 14.3 Å². The minimum absolute atomic E-state index is 0.0660. The molecule has 0 aliphatic carbocycles. The number of thiazole rings is 1. The first-order valence-corrected chi connectivity index (χ1v) is 12.1. The van der Waals surface area contributed by atoms with E-state index in [0.717, 1.165) is 0 Å². The van der Waals surface area contributed by atoms with Crippen molar-refractivity contribution in [3.63, 3.8) is 0 Å². The van der Waals surface area contributed by atoms with E-state index in [0.29, 0.717) is 70.6 Å². The number of hydrogen-bond acceptors (Lipinski definition) is 6. The number of amides is 3. The van der Waals surface area contributed by atoms with Crippen LogP contribution in [0.15, 0.2) is 30.3 Å². The van der Waals surface area contributed by atoms with Crippen molar-refractivity contribution in [1.82, 2.24) is 20.2 Å². The number of benzene rings is 1. The van der Waals surface area contributed by atoms with Gasteiger partial charge in [-0.25, -0.2) is 14.2 Å². The van der Waals surface area contributed by atoms with E-state index in [2.05, 4.69) is 26.7 Å². The third kappa shape index (κ3) is 4.12. The topological polar surface area (TPSA) is 111 Å². The van der Waals surface area contributed by atoms with Crippen molar-refractivity contribution < 1.29 is 14.0 Å². The lowest BCUT2D eigenvalue weighted by molar-refractivity contribution is -0.143. The number of carbonyl (C=O) groups is 2. The number of piperidine rings is 1. The van der Waals surface area contributed by atoms with Crippen molar-refractivity contribution in [2.45, 2.75) is 26.7 Å². The molecule has 0 radical (unpaired) electrons. The fourth-order valence-corrected chi connectivity index (χ4v) is 5.58. The Labute approximate surface area is 205 Å². The lowest BCUT2D eigenvalue weighted by atomic mass is 9.72. The largest absolute Gasteiger partial charge is 0.354 e. The molecule has 8 nitrogen and oxygen atoms in total. The molecule has 0 saturated carbocycles. The molecule has 0 atom stereocenters. The molecule has 2 aliphatic rings. The zero-order chi connectivity index (χ0) is 24.7. The van der Waals surface area contributed by atoms with E-state index >= 15 is 4.39 Å². The van der Waals surface area contributed by atoms with E-state index in [1.54, 1.807) is 49.1 Å². The van der Waals surface area contributed by atoms with Crippen LogP contribution in [0.25, 0.3) is 21.7 Å². The number of hydrogen-bond donors (Lipinski definition) is 2. The minimum Gasteiger partial charge on any atom is -0.354 e. The Hall–Kier alpha value is -3.84. The van der Waals surface area contributed by atoms with Gasteiger partial charge < -0.3 is 10.2 Å². The number of pyridine rings is 1. The summed E-state index contributed by atoms with van der Waals surface area (Å²) >= 11 is 1.18. The standard InChI is InChI=1S/C25H23FN6O2S/c1-14-10-18(19(26)15(2)29-14)21-20(17-5-3-4-16(11-17)12-27)30-23(35-21)31-24(34)32-8-6-25(7-9-32)13-28-22(25)33/h3-5,10-11H,6-9,13H2,1-2H3,(H,28,33)(H,30,31,34). The van der Waals surface area contributed by atoms with Crippen LogP contribution >= 0.6 is 11.3 Å². The van der Waals surface area contributed by atoms with Crippen LogP contribution in [-0.4, -0.2) is 46.4 Å². The molecule has 5 rings (SSSR count). The van der Waals surface area contributed by atoms with Gasteiger partial charge in [0.2, 0.25) is 5.91 Å². The van der Waals surface area contributed by atoms with E-state index < -0.39 is 5.82 Å². The second-order valence-electron chi connectivity index (χ2n) is 8.98. The fourth-order valence-electron chi connectivity index (χ4n) is 4.59. The second-order valence-corrected chi connectivity index (χ2v) is 9.98. The van der Waals surface area contributed by atoms with Gasteiger partial charge in [-0.2, -0.15) is 5.26 Å². The maximum absolute atomic E-state index is 15.2. The molecular formula is C25H23FN6O2S. The summed E-state index contributed by atoms with van der Waals surface area (Å²) < 4.78 is 15.2. The minimum atomic E-state index is -0.449. The summed E-state index contributed by atoms with van der Waals surface area (Å²) in [5.74, 6) is -0.383. The molecule has 2 aliphatic heterocycles. The number of nitrogens with zero attached hydrogens (tertiary/aromatic N) is 4. The second kappa shape index (κ2) is 8.74. The zero-order valence-electron chi connectivity index (χ0n) is 19.3. The Morgan fingerprint density at radius 2 is 2.03 bits per heavy atom.